The van der Waals surface area contributed by atoms with E-state index in [0.717, 1.165) is 44.3 Å². The quantitative estimate of drug-likeness (QED) is 0.641. The van der Waals surface area contributed by atoms with E-state index in [-0.39, 0.29) is 0 Å². The maximum absolute atomic E-state index is 10.1. The van der Waals surface area contributed by atoms with Crippen molar-refractivity contribution in [2.75, 3.05) is 26.7 Å². The molecule has 0 unspecified atom stereocenters. The second kappa shape index (κ2) is 4.91. The average molecular weight is 198 g/mol. The molecule has 0 aromatic rings. The van der Waals surface area contributed by atoms with Crippen LogP contribution < -0.4 is 5.73 Å². The summed E-state index contributed by atoms with van der Waals surface area (Å²) < 4.78 is 0. The van der Waals surface area contributed by atoms with Crippen LogP contribution in [0.25, 0.3) is 0 Å². The minimum absolute atomic E-state index is 0.455. The standard InChI is InChI=1S/C11H22N2O/c1-10(7-12)8-13(2)9-11(14)5-3-4-6-11/h14H,1,3-9,12H2,2H3. The number of aliphatic hydroxyl groups is 1. The van der Waals surface area contributed by atoms with Gasteiger partial charge in [0.05, 0.1) is 5.60 Å². The first-order valence-electron chi connectivity index (χ1n) is 5.33. The molecule has 0 aromatic heterocycles. The van der Waals surface area contributed by atoms with Crippen LogP contribution in [-0.2, 0) is 0 Å². The van der Waals surface area contributed by atoms with Crippen LogP contribution in [0, 0.1) is 0 Å². The van der Waals surface area contributed by atoms with Gasteiger partial charge in [0.25, 0.3) is 0 Å². The molecule has 1 saturated carbocycles. The number of nitrogens with zero attached hydrogens (tertiary/aromatic N) is 1. The molecular weight excluding hydrogens is 176 g/mol. The highest BCUT2D eigenvalue weighted by Gasteiger charge is 2.31. The first-order valence-corrected chi connectivity index (χ1v) is 5.33. The van der Waals surface area contributed by atoms with Gasteiger partial charge in [-0.25, -0.2) is 0 Å². The zero-order valence-corrected chi connectivity index (χ0v) is 9.13. The Morgan fingerprint density at radius 1 is 1.50 bits per heavy atom. The van der Waals surface area contributed by atoms with Gasteiger partial charge in [-0.05, 0) is 25.5 Å². The summed E-state index contributed by atoms with van der Waals surface area (Å²) in [6.07, 6.45) is 4.18. The van der Waals surface area contributed by atoms with E-state index in [2.05, 4.69) is 11.5 Å². The molecule has 0 aliphatic heterocycles. The van der Waals surface area contributed by atoms with Crippen molar-refractivity contribution in [3.8, 4) is 0 Å². The zero-order valence-electron chi connectivity index (χ0n) is 9.13. The van der Waals surface area contributed by atoms with Crippen molar-refractivity contribution in [3.63, 3.8) is 0 Å². The molecule has 0 spiro atoms. The Bertz CT molecular complexity index is 197. The smallest absolute Gasteiger partial charge is 0.0774 e. The Labute approximate surface area is 86.6 Å². The normalized spacial score (nSPS) is 20.3. The first-order chi connectivity index (χ1) is 6.56. The zero-order chi connectivity index (χ0) is 10.6. The molecule has 14 heavy (non-hydrogen) atoms. The fourth-order valence-electron chi connectivity index (χ4n) is 2.20. The van der Waals surface area contributed by atoms with Gasteiger partial charge < -0.3 is 10.8 Å². The molecule has 1 aliphatic carbocycles. The summed E-state index contributed by atoms with van der Waals surface area (Å²) in [5.74, 6) is 0. The lowest BCUT2D eigenvalue weighted by atomic mass is 10.0. The third-order valence-electron chi connectivity index (χ3n) is 2.88. The predicted octanol–water partition coefficient (Wildman–Crippen LogP) is 0.738. The molecule has 0 aromatic carbocycles. The average Bonchev–Trinajstić information content (AvgIpc) is 2.51. The molecule has 0 amide bonds. The van der Waals surface area contributed by atoms with E-state index in [1.807, 2.05) is 7.05 Å². The van der Waals surface area contributed by atoms with Crippen molar-refractivity contribution in [1.82, 2.24) is 4.90 Å². The number of hydrogen-bond donors (Lipinski definition) is 2. The van der Waals surface area contributed by atoms with Crippen molar-refractivity contribution in [3.05, 3.63) is 12.2 Å². The van der Waals surface area contributed by atoms with E-state index >= 15 is 0 Å². The molecule has 82 valence electrons. The van der Waals surface area contributed by atoms with Crippen molar-refractivity contribution in [1.29, 1.82) is 0 Å². The van der Waals surface area contributed by atoms with Crippen LogP contribution in [0.5, 0.6) is 0 Å². The lowest BCUT2D eigenvalue weighted by Gasteiger charge is -2.28. The second-order valence-corrected chi connectivity index (χ2v) is 4.56. The van der Waals surface area contributed by atoms with Gasteiger partial charge in [-0.1, -0.05) is 19.4 Å². The van der Waals surface area contributed by atoms with Crippen LogP contribution in [0.15, 0.2) is 12.2 Å². The molecule has 0 atom stereocenters. The fraction of sp³-hybridized carbons (Fsp3) is 0.818. The number of rotatable bonds is 5. The molecule has 1 rings (SSSR count). The molecule has 0 radical (unpaired) electrons. The Morgan fingerprint density at radius 2 is 2.07 bits per heavy atom. The van der Waals surface area contributed by atoms with E-state index in [4.69, 9.17) is 5.73 Å². The fourth-order valence-corrected chi connectivity index (χ4v) is 2.20. The van der Waals surface area contributed by atoms with Crippen molar-refractivity contribution in [2.45, 2.75) is 31.3 Å². The van der Waals surface area contributed by atoms with E-state index in [1.165, 1.54) is 0 Å². The Balaban J connectivity index is 2.32. The Morgan fingerprint density at radius 3 is 2.57 bits per heavy atom. The molecule has 0 saturated heterocycles. The van der Waals surface area contributed by atoms with Crippen LogP contribution in [0.1, 0.15) is 25.7 Å². The van der Waals surface area contributed by atoms with Crippen LogP contribution >= 0.6 is 0 Å². The third-order valence-corrected chi connectivity index (χ3v) is 2.88. The Kier molecular flexibility index (Phi) is 4.11. The summed E-state index contributed by atoms with van der Waals surface area (Å²) in [7, 11) is 2.01. The lowest BCUT2D eigenvalue weighted by molar-refractivity contribution is 0.0186. The number of likely N-dealkylation sites (N-methyl/N-ethyl adjacent to an activating group) is 1. The minimum Gasteiger partial charge on any atom is -0.389 e. The molecule has 3 nitrogen and oxygen atoms in total. The van der Waals surface area contributed by atoms with Gasteiger partial charge >= 0.3 is 0 Å². The third kappa shape index (κ3) is 3.40. The molecule has 1 fully saturated rings. The van der Waals surface area contributed by atoms with Gasteiger partial charge in [-0.2, -0.15) is 0 Å². The van der Waals surface area contributed by atoms with Crippen molar-refractivity contribution >= 4 is 0 Å². The molecule has 3 N–H and O–H groups in total. The maximum atomic E-state index is 10.1. The molecule has 1 aliphatic rings. The van der Waals surface area contributed by atoms with Crippen LogP contribution in [0.3, 0.4) is 0 Å². The van der Waals surface area contributed by atoms with Gasteiger partial charge in [-0.3, -0.25) is 4.90 Å². The number of hydrogen-bond acceptors (Lipinski definition) is 3. The lowest BCUT2D eigenvalue weighted by Crippen LogP contribution is -2.40. The van der Waals surface area contributed by atoms with Gasteiger partial charge in [0, 0.05) is 19.6 Å². The van der Waals surface area contributed by atoms with Crippen LogP contribution in [-0.4, -0.2) is 42.3 Å². The highest BCUT2D eigenvalue weighted by Crippen LogP contribution is 2.29. The summed E-state index contributed by atoms with van der Waals surface area (Å²) in [6, 6.07) is 0. The van der Waals surface area contributed by atoms with Crippen molar-refractivity contribution in [2.24, 2.45) is 5.73 Å². The summed E-state index contributed by atoms with van der Waals surface area (Å²) >= 11 is 0. The van der Waals surface area contributed by atoms with E-state index in [0.29, 0.717) is 6.54 Å². The summed E-state index contributed by atoms with van der Waals surface area (Å²) in [4.78, 5) is 2.11. The first kappa shape index (κ1) is 11.7. The van der Waals surface area contributed by atoms with E-state index in [9.17, 15) is 5.11 Å². The highest BCUT2D eigenvalue weighted by atomic mass is 16.3. The van der Waals surface area contributed by atoms with Crippen LogP contribution in [0.2, 0.25) is 0 Å². The topological polar surface area (TPSA) is 49.5 Å². The van der Waals surface area contributed by atoms with Gasteiger partial charge in [-0.15, -0.1) is 0 Å². The largest absolute Gasteiger partial charge is 0.389 e. The second-order valence-electron chi connectivity index (χ2n) is 4.56. The molecule has 0 heterocycles. The molecule has 3 heteroatoms. The molecular formula is C11H22N2O. The SMILES string of the molecule is C=C(CN)CN(C)CC1(O)CCCC1. The summed E-state index contributed by atoms with van der Waals surface area (Å²) in [5.41, 5.74) is 6.04. The predicted molar refractivity (Wildman–Crippen MR) is 59.1 cm³/mol. The Hall–Kier alpha value is -0.380. The maximum Gasteiger partial charge on any atom is 0.0774 e. The van der Waals surface area contributed by atoms with E-state index < -0.39 is 5.60 Å². The van der Waals surface area contributed by atoms with Crippen molar-refractivity contribution < 1.29 is 5.11 Å². The van der Waals surface area contributed by atoms with Gasteiger partial charge in [0.15, 0.2) is 0 Å². The summed E-state index contributed by atoms with van der Waals surface area (Å²) in [6.45, 7) is 5.93. The highest BCUT2D eigenvalue weighted by molar-refractivity contribution is 4.99. The monoisotopic (exact) mass is 198 g/mol. The molecule has 0 bridgehead atoms. The minimum atomic E-state index is -0.455. The summed E-state index contributed by atoms with van der Waals surface area (Å²) in [5, 5.41) is 10.1. The van der Waals surface area contributed by atoms with Crippen LogP contribution in [0.4, 0.5) is 0 Å². The number of nitrogens with two attached hydrogens (primary N) is 1. The van der Waals surface area contributed by atoms with Gasteiger partial charge in [0.2, 0.25) is 0 Å². The van der Waals surface area contributed by atoms with E-state index in [1.54, 1.807) is 0 Å². The van der Waals surface area contributed by atoms with Gasteiger partial charge in [0.1, 0.15) is 0 Å².